The fraction of sp³-hybridized carbons (Fsp3) is 0.381. The van der Waals surface area contributed by atoms with Crippen molar-refractivity contribution >= 4 is 16.0 Å². The lowest BCUT2D eigenvalue weighted by atomic mass is 10.1. The molecule has 9 heteroatoms. The van der Waals surface area contributed by atoms with Gasteiger partial charge in [0.15, 0.2) is 11.5 Å². The van der Waals surface area contributed by atoms with Gasteiger partial charge in [-0.05, 0) is 42.7 Å². The lowest BCUT2D eigenvalue weighted by Gasteiger charge is -2.26. The zero-order valence-electron chi connectivity index (χ0n) is 16.8. The molecule has 1 aliphatic heterocycles. The second-order valence-corrected chi connectivity index (χ2v) is 8.65. The average Bonchev–Trinajstić information content (AvgIpc) is 3.19. The minimum atomic E-state index is -3.77. The van der Waals surface area contributed by atoms with E-state index in [1.807, 2.05) is 0 Å². The Bertz CT molecular complexity index is 1000. The van der Waals surface area contributed by atoms with Crippen molar-refractivity contribution in [3.63, 3.8) is 0 Å². The maximum Gasteiger partial charge on any atom is 0.306 e. The molecule has 1 amide bonds. The molecule has 1 heterocycles. The highest BCUT2D eigenvalue weighted by Gasteiger charge is 2.25. The molecule has 0 N–H and O–H groups in total. The van der Waals surface area contributed by atoms with Crippen molar-refractivity contribution in [2.75, 3.05) is 26.5 Å². The van der Waals surface area contributed by atoms with Crippen molar-refractivity contribution in [2.24, 2.45) is 0 Å². The lowest BCUT2D eigenvalue weighted by Crippen LogP contribution is -2.37. The Kier molecular flexibility index (Phi) is 6.94. The van der Waals surface area contributed by atoms with Crippen LogP contribution in [0, 0.1) is 5.82 Å². The predicted molar refractivity (Wildman–Crippen MR) is 109 cm³/mol. The number of halogens is 1. The van der Waals surface area contributed by atoms with Crippen molar-refractivity contribution < 1.29 is 31.3 Å². The summed E-state index contributed by atoms with van der Waals surface area (Å²) in [6.07, 6.45) is 2.52. The largest absolute Gasteiger partial charge is 0.493 e. The molecule has 7 nitrogen and oxygen atoms in total. The average molecular weight is 437 g/mol. The highest BCUT2D eigenvalue weighted by molar-refractivity contribution is 7.86. The van der Waals surface area contributed by atoms with E-state index in [0.29, 0.717) is 18.7 Å². The van der Waals surface area contributed by atoms with Gasteiger partial charge in [0.05, 0.1) is 25.0 Å². The topological polar surface area (TPSA) is 82.1 Å². The van der Waals surface area contributed by atoms with Crippen LogP contribution < -0.4 is 8.92 Å². The first-order valence-corrected chi connectivity index (χ1v) is 11.3. The van der Waals surface area contributed by atoms with Gasteiger partial charge in [0, 0.05) is 19.7 Å². The number of hydrogen-bond donors (Lipinski definition) is 0. The summed E-state index contributed by atoms with van der Waals surface area (Å²) in [7, 11) is -2.37. The Hall–Kier alpha value is -2.65. The summed E-state index contributed by atoms with van der Waals surface area (Å²) in [5, 5.41) is 0. The highest BCUT2D eigenvalue weighted by Crippen LogP contribution is 2.30. The number of carbonyl (C=O) groups is 1. The monoisotopic (exact) mass is 437 g/mol. The molecular weight excluding hydrogens is 413 g/mol. The fourth-order valence-corrected chi connectivity index (χ4v) is 3.78. The standard InChI is InChI=1S/C21H24FNO6S/c1-27-19-10-9-15(12-20(19)29-30(2,25)26)13-23(14-16-6-5-11-28-16)21(24)17-7-3-4-8-18(17)22/h3-4,7-10,12,16H,5-6,11,13-14H2,1-2H3/t16-/m1/s1. The number of amides is 1. The van der Waals surface area contributed by atoms with E-state index in [1.54, 1.807) is 18.2 Å². The van der Waals surface area contributed by atoms with E-state index in [2.05, 4.69) is 0 Å². The molecule has 162 valence electrons. The van der Waals surface area contributed by atoms with Crippen molar-refractivity contribution in [3.8, 4) is 11.5 Å². The van der Waals surface area contributed by atoms with Crippen LogP contribution in [0.3, 0.4) is 0 Å². The SMILES string of the molecule is COc1ccc(CN(C[C@H]2CCCO2)C(=O)c2ccccc2F)cc1OS(C)(=O)=O. The summed E-state index contributed by atoms with van der Waals surface area (Å²) in [6, 6.07) is 10.6. The molecule has 0 radical (unpaired) electrons. The van der Waals surface area contributed by atoms with Crippen LogP contribution in [0.25, 0.3) is 0 Å². The number of methoxy groups -OCH3 is 1. The Labute approximate surface area is 175 Å². The van der Waals surface area contributed by atoms with Crippen molar-refractivity contribution in [1.82, 2.24) is 4.90 Å². The minimum Gasteiger partial charge on any atom is -0.493 e. The Morgan fingerprint density at radius 3 is 2.63 bits per heavy atom. The zero-order chi connectivity index (χ0) is 21.7. The number of carbonyl (C=O) groups excluding carboxylic acids is 1. The number of ether oxygens (including phenoxy) is 2. The third-order valence-electron chi connectivity index (χ3n) is 4.68. The fourth-order valence-electron chi connectivity index (χ4n) is 3.33. The van der Waals surface area contributed by atoms with Crippen LogP contribution in [0.1, 0.15) is 28.8 Å². The van der Waals surface area contributed by atoms with Crippen molar-refractivity contribution in [1.29, 1.82) is 0 Å². The highest BCUT2D eigenvalue weighted by atomic mass is 32.2. The maximum absolute atomic E-state index is 14.2. The Morgan fingerprint density at radius 1 is 1.23 bits per heavy atom. The number of rotatable bonds is 8. The molecule has 1 aliphatic rings. The number of benzene rings is 2. The van der Waals surface area contributed by atoms with Gasteiger partial charge in [-0.1, -0.05) is 18.2 Å². The molecule has 1 saturated heterocycles. The summed E-state index contributed by atoms with van der Waals surface area (Å²) in [4.78, 5) is 14.6. The summed E-state index contributed by atoms with van der Waals surface area (Å²) in [5.74, 6) is -0.802. The second kappa shape index (κ2) is 9.44. The quantitative estimate of drug-likeness (QED) is 0.591. The van der Waals surface area contributed by atoms with Gasteiger partial charge < -0.3 is 18.6 Å². The summed E-state index contributed by atoms with van der Waals surface area (Å²) < 4.78 is 53.2. The predicted octanol–water partition coefficient (Wildman–Crippen LogP) is 2.99. The van der Waals surface area contributed by atoms with E-state index in [4.69, 9.17) is 13.7 Å². The first kappa shape index (κ1) is 22.0. The van der Waals surface area contributed by atoms with Gasteiger partial charge in [-0.2, -0.15) is 8.42 Å². The van der Waals surface area contributed by atoms with E-state index in [-0.39, 0.29) is 29.7 Å². The first-order chi connectivity index (χ1) is 14.3. The smallest absolute Gasteiger partial charge is 0.306 e. The molecule has 0 unspecified atom stereocenters. The summed E-state index contributed by atoms with van der Waals surface area (Å²) in [6.45, 7) is 1.04. The van der Waals surface area contributed by atoms with Gasteiger partial charge in [-0.25, -0.2) is 4.39 Å². The van der Waals surface area contributed by atoms with Crippen LogP contribution in [-0.4, -0.2) is 51.8 Å². The molecule has 30 heavy (non-hydrogen) atoms. The number of hydrogen-bond acceptors (Lipinski definition) is 6. The second-order valence-electron chi connectivity index (χ2n) is 7.07. The van der Waals surface area contributed by atoms with E-state index in [9.17, 15) is 17.6 Å². The van der Waals surface area contributed by atoms with Gasteiger partial charge >= 0.3 is 10.1 Å². The first-order valence-electron chi connectivity index (χ1n) is 9.48. The molecule has 2 aromatic carbocycles. The molecule has 1 atom stereocenters. The Morgan fingerprint density at radius 2 is 2.00 bits per heavy atom. The number of nitrogens with zero attached hydrogens (tertiary/aromatic N) is 1. The van der Waals surface area contributed by atoms with Crippen LogP contribution in [0.4, 0.5) is 4.39 Å². The van der Waals surface area contributed by atoms with E-state index in [1.165, 1.54) is 36.3 Å². The molecule has 0 aromatic heterocycles. The molecule has 1 fully saturated rings. The lowest BCUT2D eigenvalue weighted by molar-refractivity contribution is 0.0503. The minimum absolute atomic E-state index is 0.0212. The van der Waals surface area contributed by atoms with Crippen LogP contribution in [-0.2, 0) is 21.4 Å². The molecule has 0 aliphatic carbocycles. The van der Waals surface area contributed by atoms with Crippen LogP contribution in [0.5, 0.6) is 11.5 Å². The van der Waals surface area contributed by atoms with E-state index >= 15 is 0 Å². The third-order valence-corrected chi connectivity index (χ3v) is 5.16. The van der Waals surface area contributed by atoms with Crippen LogP contribution in [0.15, 0.2) is 42.5 Å². The molecule has 0 spiro atoms. The summed E-state index contributed by atoms with van der Waals surface area (Å²) in [5.41, 5.74) is 0.578. The van der Waals surface area contributed by atoms with Gasteiger partial charge in [-0.15, -0.1) is 0 Å². The molecule has 3 rings (SSSR count). The molecule has 2 aromatic rings. The van der Waals surface area contributed by atoms with Crippen LogP contribution >= 0.6 is 0 Å². The van der Waals surface area contributed by atoms with E-state index < -0.39 is 21.8 Å². The van der Waals surface area contributed by atoms with Gasteiger partial charge in [-0.3, -0.25) is 4.79 Å². The van der Waals surface area contributed by atoms with Gasteiger partial charge in [0.25, 0.3) is 5.91 Å². The van der Waals surface area contributed by atoms with Crippen molar-refractivity contribution in [3.05, 3.63) is 59.4 Å². The summed E-state index contributed by atoms with van der Waals surface area (Å²) >= 11 is 0. The molecule has 0 bridgehead atoms. The Balaban J connectivity index is 1.89. The zero-order valence-corrected chi connectivity index (χ0v) is 17.7. The molecular formula is C21H24FNO6S. The van der Waals surface area contributed by atoms with Crippen molar-refractivity contribution in [2.45, 2.75) is 25.5 Å². The van der Waals surface area contributed by atoms with Gasteiger partial charge in [0.1, 0.15) is 5.82 Å². The van der Waals surface area contributed by atoms with Crippen LogP contribution in [0.2, 0.25) is 0 Å². The third kappa shape index (κ3) is 5.70. The van der Waals surface area contributed by atoms with E-state index in [0.717, 1.165) is 19.1 Å². The normalized spacial score (nSPS) is 16.3. The maximum atomic E-state index is 14.2. The molecule has 0 saturated carbocycles. The van der Waals surface area contributed by atoms with Gasteiger partial charge in [0.2, 0.25) is 0 Å².